The molecule has 0 spiro atoms. The number of nitrogens with one attached hydrogen (secondary N) is 2. The van der Waals surface area contributed by atoms with E-state index in [0.717, 1.165) is 16.5 Å². The van der Waals surface area contributed by atoms with Gasteiger partial charge in [0.15, 0.2) is 0 Å². The number of ether oxygens (including phenoxy) is 2. The quantitative estimate of drug-likeness (QED) is 0.578. The van der Waals surface area contributed by atoms with Crippen LogP contribution in [0.2, 0.25) is 0 Å². The molecule has 1 aliphatic rings. The van der Waals surface area contributed by atoms with Crippen LogP contribution >= 0.6 is 0 Å². The summed E-state index contributed by atoms with van der Waals surface area (Å²) in [4.78, 5) is 26.9. The number of aromatic amines is 1. The van der Waals surface area contributed by atoms with E-state index in [-0.39, 0.29) is 0 Å². The lowest BCUT2D eigenvalue weighted by Crippen LogP contribution is -2.40. The Labute approximate surface area is 126 Å². The number of alkyl carbamates (subject to hydrolysis) is 1. The second-order valence-corrected chi connectivity index (χ2v) is 5.73. The SMILES string of the molecule is CC1(C)OC(=O)N[C@@H](Cc2c[nH]c3cc(N)ccc23)C(=O)O1. The van der Waals surface area contributed by atoms with E-state index in [0.29, 0.717) is 12.1 Å². The minimum atomic E-state index is -1.27. The number of rotatable bonds is 2. The molecule has 1 aromatic heterocycles. The number of benzene rings is 1. The molecule has 0 bridgehead atoms. The number of hydrogen-bond acceptors (Lipinski definition) is 5. The van der Waals surface area contributed by atoms with Gasteiger partial charge in [-0.15, -0.1) is 0 Å². The number of aromatic nitrogens is 1. The normalized spacial score (nSPS) is 20.9. The van der Waals surface area contributed by atoms with Gasteiger partial charge < -0.3 is 25.5 Å². The number of amides is 1. The minimum Gasteiger partial charge on any atom is -0.421 e. The van der Waals surface area contributed by atoms with Gasteiger partial charge >= 0.3 is 12.1 Å². The van der Waals surface area contributed by atoms with E-state index >= 15 is 0 Å². The van der Waals surface area contributed by atoms with Crippen LogP contribution in [-0.4, -0.2) is 28.9 Å². The number of nitrogen functional groups attached to an aromatic ring is 1. The zero-order chi connectivity index (χ0) is 15.9. The summed E-state index contributed by atoms with van der Waals surface area (Å²) < 4.78 is 10.2. The molecule has 1 aliphatic heterocycles. The van der Waals surface area contributed by atoms with Gasteiger partial charge in [-0.05, 0) is 17.7 Å². The molecule has 1 fully saturated rings. The highest BCUT2D eigenvalue weighted by atomic mass is 16.7. The van der Waals surface area contributed by atoms with Crippen molar-refractivity contribution in [3.05, 3.63) is 30.0 Å². The van der Waals surface area contributed by atoms with Gasteiger partial charge in [0.05, 0.1) is 0 Å². The molecule has 0 aliphatic carbocycles. The predicted octanol–water partition coefficient (Wildman–Crippen LogP) is 1.68. The third kappa shape index (κ3) is 2.69. The number of esters is 1. The fraction of sp³-hybridized carbons (Fsp3) is 0.333. The lowest BCUT2D eigenvalue weighted by molar-refractivity contribution is -0.189. The average Bonchev–Trinajstić information content (AvgIpc) is 2.74. The third-order valence-electron chi connectivity index (χ3n) is 3.48. The number of carbonyl (C=O) groups is 2. The van der Waals surface area contributed by atoms with E-state index in [1.54, 1.807) is 12.3 Å². The van der Waals surface area contributed by atoms with E-state index in [1.165, 1.54) is 13.8 Å². The molecule has 7 heteroatoms. The van der Waals surface area contributed by atoms with Gasteiger partial charge in [-0.1, -0.05) is 6.07 Å². The van der Waals surface area contributed by atoms with Crippen molar-refractivity contribution in [2.75, 3.05) is 5.73 Å². The first kappa shape index (κ1) is 14.2. The fourth-order valence-corrected chi connectivity index (χ4v) is 2.52. The predicted molar refractivity (Wildman–Crippen MR) is 80.0 cm³/mol. The Kier molecular flexibility index (Phi) is 3.20. The van der Waals surface area contributed by atoms with Gasteiger partial charge in [-0.3, -0.25) is 0 Å². The summed E-state index contributed by atoms with van der Waals surface area (Å²) in [6.07, 6.45) is 1.42. The average molecular weight is 303 g/mol. The molecule has 2 aromatic rings. The standard InChI is InChI=1S/C15H17N3O4/c1-15(2)21-13(19)12(18-14(20)22-15)5-8-7-17-11-6-9(16)3-4-10(8)11/h3-4,6-7,12,17H,5,16H2,1-2H3,(H,18,20)/t12-/m0/s1. The summed E-state index contributed by atoms with van der Waals surface area (Å²) in [5.74, 6) is -1.80. The van der Waals surface area contributed by atoms with Crippen molar-refractivity contribution in [2.45, 2.75) is 32.1 Å². The molecule has 3 rings (SSSR count). The highest BCUT2D eigenvalue weighted by molar-refractivity contribution is 5.88. The van der Waals surface area contributed by atoms with Crippen LogP contribution in [0, 0.1) is 0 Å². The highest BCUT2D eigenvalue weighted by Gasteiger charge is 2.37. The van der Waals surface area contributed by atoms with Crippen molar-refractivity contribution >= 4 is 28.7 Å². The number of hydrogen-bond donors (Lipinski definition) is 3. The largest absolute Gasteiger partial charge is 0.421 e. The molecule has 116 valence electrons. The molecule has 1 saturated heterocycles. The van der Waals surface area contributed by atoms with E-state index in [4.69, 9.17) is 15.2 Å². The number of carbonyl (C=O) groups excluding carboxylic acids is 2. The van der Waals surface area contributed by atoms with E-state index < -0.39 is 23.9 Å². The summed E-state index contributed by atoms with van der Waals surface area (Å²) in [5.41, 5.74) is 8.15. The summed E-state index contributed by atoms with van der Waals surface area (Å²) >= 11 is 0. The summed E-state index contributed by atoms with van der Waals surface area (Å²) in [6.45, 7) is 3.03. The van der Waals surface area contributed by atoms with Gasteiger partial charge in [0.25, 0.3) is 5.79 Å². The Morgan fingerprint density at radius 3 is 2.82 bits per heavy atom. The van der Waals surface area contributed by atoms with Gasteiger partial charge in [-0.25, -0.2) is 9.59 Å². The smallest absolute Gasteiger partial charge is 0.411 e. The first-order chi connectivity index (χ1) is 10.3. The molecule has 0 radical (unpaired) electrons. The van der Waals surface area contributed by atoms with Crippen molar-refractivity contribution < 1.29 is 19.1 Å². The van der Waals surface area contributed by atoms with Crippen LogP contribution in [0.25, 0.3) is 10.9 Å². The maximum Gasteiger partial charge on any atom is 0.411 e. The molecule has 1 atom stereocenters. The molecule has 2 heterocycles. The summed E-state index contributed by atoms with van der Waals surface area (Å²) in [7, 11) is 0. The maximum atomic E-state index is 12.1. The molecular formula is C15H17N3O4. The topological polar surface area (TPSA) is 106 Å². The number of anilines is 1. The Hall–Kier alpha value is -2.70. The fourth-order valence-electron chi connectivity index (χ4n) is 2.52. The Morgan fingerprint density at radius 2 is 2.05 bits per heavy atom. The molecule has 1 amide bonds. The van der Waals surface area contributed by atoms with Crippen molar-refractivity contribution in [3.8, 4) is 0 Å². The van der Waals surface area contributed by atoms with Crippen LogP contribution in [0.5, 0.6) is 0 Å². The van der Waals surface area contributed by atoms with Crippen LogP contribution in [0.3, 0.4) is 0 Å². The van der Waals surface area contributed by atoms with Crippen LogP contribution in [0.4, 0.5) is 10.5 Å². The van der Waals surface area contributed by atoms with E-state index in [9.17, 15) is 9.59 Å². The molecular weight excluding hydrogens is 286 g/mol. The summed E-state index contributed by atoms with van der Waals surface area (Å²) in [5, 5.41) is 3.47. The first-order valence-corrected chi connectivity index (χ1v) is 6.92. The monoisotopic (exact) mass is 303 g/mol. The van der Waals surface area contributed by atoms with Crippen LogP contribution < -0.4 is 11.1 Å². The van der Waals surface area contributed by atoms with Gasteiger partial charge in [0.1, 0.15) is 6.04 Å². The zero-order valence-electron chi connectivity index (χ0n) is 12.3. The molecule has 0 saturated carbocycles. The summed E-state index contributed by atoms with van der Waals surface area (Å²) in [6, 6.07) is 4.68. The highest BCUT2D eigenvalue weighted by Crippen LogP contribution is 2.23. The number of fused-ring (bicyclic) bond motifs is 1. The van der Waals surface area contributed by atoms with E-state index in [1.807, 2.05) is 12.1 Å². The minimum absolute atomic E-state index is 0.300. The van der Waals surface area contributed by atoms with Gasteiger partial charge in [0.2, 0.25) is 0 Å². The van der Waals surface area contributed by atoms with Crippen LogP contribution in [0.15, 0.2) is 24.4 Å². The number of nitrogens with two attached hydrogens (primary N) is 1. The van der Waals surface area contributed by atoms with Gasteiger partial charge in [0, 0.05) is 43.1 Å². The second kappa shape index (κ2) is 4.94. The van der Waals surface area contributed by atoms with Crippen molar-refractivity contribution in [2.24, 2.45) is 0 Å². The third-order valence-corrected chi connectivity index (χ3v) is 3.48. The van der Waals surface area contributed by atoms with E-state index in [2.05, 4.69) is 10.3 Å². The molecule has 7 nitrogen and oxygen atoms in total. The first-order valence-electron chi connectivity index (χ1n) is 6.92. The molecule has 1 aromatic carbocycles. The molecule has 0 unspecified atom stereocenters. The van der Waals surface area contributed by atoms with Crippen molar-refractivity contribution in [1.29, 1.82) is 0 Å². The van der Waals surface area contributed by atoms with Crippen molar-refractivity contribution in [1.82, 2.24) is 10.3 Å². The molecule has 4 N–H and O–H groups in total. The second-order valence-electron chi connectivity index (χ2n) is 5.73. The molecule has 22 heavy (non-hydrogen) atoms. The Bertz CT molecular complexity index is 750. The van der Waals surface area contributed by atoms with Gasteiger partial charge in [-0.2, -0.15) is 0 Å². The lowest BCUT2D eigenvalue weighted by atomic mass is 10.0. The van der Waals surface area contributed by atoms with Crippen LogP contribution in [-0.2, 0) is 20.7 Å². The number of H-pyrrole nitrogens is 1. The zero-order valence-corrected chi connectivity index (χ0v) is 12.3. The lowest BCUT2D eigenvalue weighted by Gasteiger charge is -2.21. The number of cyclic esters (lactones) is 2. The Morgan fingerprint density at radius 1 is 1.27 bits per heavy atom. The Balaban J connectivity index is 1.87. The maximum absolute atomic E-state index is 12.1. The van der Waals surface area contributed by atoms with Crippen LogP contribution in [0.1, 0.15) is 19.4 Å². The van der Waals surface area contributed by atoms with Crippen molar-refractivity contribution in [3.63, 3.8) is 0 Å².